The average Bonchev–Trinajstić information content (AvgIpc) is 3.20. The molecular weight excluding hydrogens is 262 g/mol. The third kappa shape index (κ3) is 2.27. The van der Waals surface area contributed by atoms with E-state index in [1.807, 2.05) is 6.07 Å². The highest BCUT2D eigenvalue weighted by Crippen LogP contribution is 2.52. The number of benzene rings is 1. The molecule has 0 bridgehead atoms. The van der Waals surface area contributed by atoms with Gasteiger partial charge in [0.05, 0.1) is 5.41 Å². The number of nitrogens with two attached hydrogens (primary N) is 1. The molecule has 4 rings (SSSR count). The molecule has 21 heavy (non-hydrogen) atoms. The Kier molecular flexibility index (Phi) is 3.07. The van der Waals surface area contributed by atoms with Gasteiger partial charge in [0, 0.05) is 12.0 Å². The number of rotatable bonds is 3. The summed E-state index contributed by atoms with van der Waals surface area (Å²) in [6.45, 7) is 0. The maximum atomic E-state index is 5.97. The normalized spacial score (nSPS) is 27.5. The summed E-state index contributed by atoms with van der Waals surface area (Å²) in [6.07, 6.45) is 6.50. The Balaban J connectivity index is 1.58. The molecule has 110 valence electrons. The van der Waals surface area contributed by atoms with Gasteiger partial charge in [0.1, 0.15) is 0 Å². The predicted octanol–water partition coefficient (Wildman–Crippen LogP) is 3.13. The smallest absolute Gasteiger partial charge is 0.229 e. The lowest BCUT2D eigenvalue weighted by Gasteiger charge is -2.23. The fraction of sp³-hybridized carbons (Fsp3) is 0.529. The van der Waals surface area contributed by atoms with Crippen LogP contribution in [-0.2, 0) is 5.41 Å². The third-order valence-corrected chi connectivity index (χ3v) is 5.07. The molecule has 0 radical (unpaired) electrons. The van der Waals surface area contributed by atoms with E-state index in [1.54, 1.807) is 0 Å². The van der Waals surface area contributed by atoms with Crippen LogP contribution in [0.3, 0.4) is 0 Å². The Morgan fingerprint density at radius 3 is 2.43 bits per heavy atom. The first-order chi connectivity index (χ1) is 10.3. The van der Waals surface area contributed by atoms with Crippen molar-refractivity contribution in [2.24, 2.45) is 5.73 Å². The molecule has 4 nitrogen and oxygen atoms in total. The molecule has 2 aliphatic carbocycles. The Hall–Kier alpha value is -1.68. The summed E-state index contributed by atoms with van der Waals surface area (Å²) in [7, 11) is 0. The maximum Gasteiger partial charge on any atom is 0.229 e. The standard InChI is InChI=1S/C17H21N3O/c18-14-8-6-12(7-9-14)15-19-16(20-21-15)17(10-11-17)13-4-2-1-3-5-13/h1-5,12,14H,6-11,18H2. The van der Waals surface area contributed by atoms with Crippen LogP contribution < -0.4 is 5.73 Å². The van der Waals surface area contributed by atoms with Gasteiger partial charge in [-0.15, -0.1) is 0 Å². The van der Waals surface area contributed by atoms with Crippen LogP contribution in [0.15, 0.2) is 34.9 Å². The lowest BCUT2D eigenvalue weighted by atomic mass is 9.86. The second kappa shape index (κ2) is 4.95. The van der Waals surface area contributed by atoms with Crippen LogP contribution in [0.5, 0.6) is 0 Å². The Morgan fingerprint density at radius 1 is 1.05 bits per heavy atom. The number of hydrogen-bond donors (Lipinski definition) is 1. The molecule has 2 N–H and O–H groups in total. The van der Waals surface area contributed by atoms with Crippen molar-refractivity contribution in [1.29, 1.82) is 0 Å². The Bertz CT molecular complexity index is 610. The molecule has 2 fully saturated rings. The van der Waals surface area contributed by atoms with Crippen molar-refractivity contribution in [2.45, 2.75) is 55.9 Å². The zero-order valence-electron chi connectivity index (χ0n) is 12.2. The molecule has 0 unspecified atom stereocenters. The van der Waals surface area contributed by atoms with Crippen LogP contribution in [-0.4, -0.2) is 16.2 Å². The number of hydrogen-bond acceptors (Lipinski definition) is 4. The van der Waals surface area contributed by atoms with Gasteiger partial charge in [0.15, 0.2) is 5.82 Å². The Labute approximate surface area is 124 Å². The molecule has 0 saturated heterocycles. The average molecular weight is 283 g/mol. The van der Waals surface area contributed by atoms with E-state index in [9.17, 15) is 0 Å². The SMILES string of the molecule is NC1CCC(c2nc(C3(c4ccccc4)CC3)no2)CC1. The third-order valence-electron chi connectivity index (χ3n) is 5.07. The fourth-order valence-electron chi connectivity index (χ4n) is 3.49. The largest absolute Gasteiger partial charge is 0.339 e. The molecule has 2 aliphatic rings. The van der Waals surface area contributed by atoms with Crippen molar-refractivity contribution >= 4 is 0 Å². The second-order valence-corrected chi connectivity index (χ2v) is 6.52. The number of aromatic nitrogens is 2. The van der Waals surface area contributed by atoms with Gasteiger partial charge in [-0.1, -0.05) is 35.5 Å². The highest BCUT2D eigenvalue weighted by molar-refractivity contribution is 5.38. The first-order valence-corrected chi connectivity index (χ1v) is 7.93. The molecule has 0 amide bonds. The molecule has 4 heteroatoms. The minimum absolute atomic E-state index is 0.00802. The molecule has 0 aliphatic heterocycles. The minimum Gasteiger partial charge on any atom is -0.339 e. The summed E-state index contributed by atoms with van der Waals surface area (Å²) in [5.41, 5.74) is 7.29. The summed E-state index contributed by atoms with van der Waals surface area (Å²) >= 11 is 0. The number of nitrogens with zero attached hydrogens (tertiary/aromatic N) is 2. The lowest BCUT2D eigenvalue weighted by Crippen LogP contribution is -2.25. The van der Waals surface area contributed by atoms with E-state index >= 15 is 0 Å². The van der Waals surface area contributed by atoms with Gasteiger partial charge in [0.25, 0.3) is 0 Å². The Morgan fingerprint density at radius 2 is 1.76 bits per heavy atom. The van der Waals surface area contributed by atoms with E-state index < -0.39 is 0 Å². The molecule has 1 aromatic carbocycles. The summed E-state index contributed by atoms with van der Waals surface area (Å²) in [4.78, 5) is 4.75. The summed E-state index contributed by atoms with van der Waals surface area (Å²) in [5.74, 6) is 2.09. The van der Waals surface area contributed by atoms with E-state index in [1.165, 1.54) is 5.56 Å². The van der Waals surface area contributed by atoms with Crippen LogP contribution >= 0.6 is 0 Å². The summed E-state index contributed by atoms with van der Waals surface area (Å²) in [5, 5.41) is 4.30. The van der Waals surface area contributed by atoms with E-state index in [4.69, 9.17) is 15.2 Å². The minimum atomic E-state index is 0.00802. The quantitative estimate of drug-likeness (QED) is 0.940. The van der Waals surface area contributed by atoms with Crippen molar-refractivity contribution in [1.82, 2.24) is 10.1 Å². The monoisotopic (exact) mass is 283 g/mol. The summed E-state index contributed by atoms with van der Waals surface area (Å²) < 4.78 is 5.59. The van der Waals surface area contributed by atoms with Crippen molar-refractivity contribution in [2.75, 3.05) is 0 Å². The molecule has 2 saturated carbocycles. The summed E-state index contributed by atoms with van der Waals surface area (Å²) in [6, 6.07) is 10.9. The molecule has 1 aromatic heterocycles. The predicted molar refractivity (Wildman–Crippen MR) is 79.9 cm³/mol. The van der Waals surface area contributed by atoms with E-state index in [-0.39, 0.29) is 5.41 Å². The van der Waals surface area contributed by atoms with Crippen LogP contribution in [0.4, 0.5) is 0 Å². The highest BCUT2D eigenvalue weighted by atomic mass is 16.5. The highest BCUT2D eigenvalue weighted by Gasteiger charge is 2.50. The van der Waals surface area contributed by atoms with Crippen molar-refractivity contribution in [3.8, 4) is 0 Å². The molecule has 2 aromatic rings. The van der Waals surface area contributed by atoms with E-state index in [0.717, 1.165) is 50.2 Å². The van der Waals surface area contributed by atoms with Gasteiger partial charge in [-0.25, -0.2) is 0 Å². The van der Waals surface area contributed by atoms with Crippen LogP contribution in [0.1, 0.15) is 61.7 Å². The van der Waals surface area contributed by atoms with Crippen molar-refractivity contribution in [3.05, 3.63) is 47.6 Å². The molecule has 1 heterocycles. The van der Waals surface area contributed by atoms with Gasteiger partial charge in [0.2, 0.25) is 5.89 Å². The molecular formula is C17H21N3O. The van der Waals surface area contributed by atoms with E-state index in [2.05, 4.69) is 29.4 Å². The van der Waals surface area contributed by atoms with Gasteiger partial charge in [-0.3, -0.25) is 0 Å². The van der Waals surface area contributed by atoms with Gasteiger partial charge in [-0.05, 0) is 44.1 Å². The zero-order chi connectivity index (χ0) is 14.3. The molecule has 0 spiro atoms. The second-order valence-electron chi connectivity index (χ2n) is 6.52. The first-order valence-electron chi connectivity index (χ1n) is 7.93. The van der Waals surface area contributed by atoms with Crippen LogP contribution in [0, 0.1) is 0 Å². The topological polar surface area (TPSA) is 64.9 Å². The van der Waals surface area contributed by atoms with Gasteiger partial charge in [-0.2, -0.15) is 4.98 Å². The first kappa shape index (κ1) is 13.0. The van der Waals surface area contributed by atoms with Crippen LogP contribution in [0.25, 0.3) is 0 Å². The van der Waals surface area contributed by atoms with Crippen molar-refractivity contribution < 1.29 is 4.52 Å². The van der Waals surface area contributed by atoms with Gasteiger partial charge >= 0.3 is 0 Å². The zero-order valence-corrected chi connectivity index (χ0v) is 12.2. The van der Waals surface area contributed by atoms with Crippen molar-refractivity contribution in [3.63, 3.8) is 0 Å². The maximum absolute atomic E-state index is 5.97. The molecule has 0 atom stereocenters. The van der Waals surface area contributed by atoms with E-state index in [0.29, 0.717) is 12.0 Å². The van der Waals surface area contributed by atoms with Crippen LogP contribution in [0.2, 0.25) is 0 Å². The lowest BCUT2D eigenvalue weighted by molar-refractivity contribution is 0.299. The fourth-order valence-corrected chi connectivity index (χ4v) is 3.49. The van der Waals surface area contributed by atoms with Gasteiger partial charge < -0.3 is 10.3 Å².